The van der Waals surface area contributed by atoms with Crippen molar-refractivity contribution in [3.63, 3.8) is 0 Å². The summed E-state index contributed by atoms with van der Waals surface area (Å²) in [4.78, 5) is 11.8. The molecule has 1 aliphatic heterocycles. The van der Waals surface area contributed by atoms with Gasteiger partial charge in [-0.1, -0.05) is 6.92 Å². The van der Waals surface area contributed by atoms with Crippen LogP contribution in [0.1, 0.15) is 47.0 Å². The van der Waals surface area contributed by atoms with Gasteiger partial charge in [0.15, 0.2) is 0 Å². The van der Waals surface area contributed by atoms with Gasteiger partial charge in [0.05, 0.1) is 0 Å². The number of rotatable bonds is 3. The SMILES string of the molecule is CC(CC(=O)NC(C)(C)C)C1CCCNC1. The molecule has 2 unspecified atom stereocenters. The molecule has 0 aliphatic carbocycles. The van der Waals surface area contributed by atoms with Gasteiger partial charge in [0.25, 0.3) is 0 Å². The standard InChI is InChI=1S/C13H26N2O/c1-10(11-6-5-7-14-9-11)8-12(16)15-13(2,3)4/h10-11,14H,5-9H2,1-4H3,(H,15,16). The van der Waals surface area contributed by atoms with E-state index in [1.54, 1.807) is 0 Å². The molecule has 2 atom stereocenters. The van der Waals surface area contributed by atoms with Gasteiger partial charge in [0.2, 0.25) is 5.91 Å². The van der Waals surface area contributed by atoms with Crippen molar-refractivity contribution < 1.29 is 4.79 Å². The summed E-state index contributed by atoms with van der Waals surface area (Å²) in [5.74, 6) is 1.33. The van der Waals surface area contributed by atoms with E-state index in [0.29, 0.717) is 18.3 Å². The molecule has 2 N–H and O–H groups in total. The first-order chi connectivity index (χ1) is 7.38. The first-order valence-corrected chi connectivity index (χ1v) is 6.40. The summed E-state index contributed by atoms with van der Waals surface area (Å²) in [5, 5.41) is 6.44. The molecule has 0 saturated carbocycles. The average Bonchev–Trinajstić information content (AvgIpc) is 2.16. The van der Waals surface area contributed by atoms with Crippen molar-refractivity contribution >= 4 is 5.91 Å². The molecular weight excluding hydrogens is 200 g/mol. The van der Waals surface area contributed by atoms with Crippen LogP contribution in [0.2, 0.25) is 0 Å². The zero-order valence-electron chi connectivity index (χ0n) is 11.1. The van der Waals surface area contributed by atoms with Gasteiger partial charge in [-0.05, 0) is 58.5 Å². The number of carbonyl (C=O) groups is 1. The van der Waals surface area contributed by atoms with Gasteiger partial charge in [-0.3, -0.25) is 4.79 Å². The van der Waals surface area contributed by atoms with Crippen LogP contribution in [-0.2, 0) is 4.79 Å². The lowest BCUT2D eigenvalue weighted by Crippen LogP contribution is -2.42. The monoisotopic (exact) mass is 226 g/mol. The van der Waals surface area contributed by atoms with Crippen molar-refractivity contribution in [3.05, 3.63) is 0 Å². The van der Waals surface area contributed by atoms with Gasteiger partial charge < -0.3 is 10.6 Å². The molecule has 1 rings (SSSR count). The number of piperidine rings is 1. The van der Waals surface area contributed by atoms with Gasteiger partial charge in [0, 0.05) is 12.0 Å². The van der Waals surface area contributed by atoms with Gasteiger partial charge in [0.1, 0.15) is 0 Å². The molecule has 1 saturated heterocycles. The molecule has 0 spiro atoms. The van der Waals surface area contributed by atoms with Crippen LogP contribution < -0.4 is 10.6 Å². The zero-order valence-corrected chi connectivity index (χ0v) is 11.1. The maximum Gasteiger partial charge on any atom is 0.220 e. The van der Waals surface area contributed by atoms with E-state index < -0.39 is 0 Å². The molecule has 0 aromatic carbocycles. The predicted molar refractivity (Wildman–Crippen MR) is 67.3 cm³/mol. The minimum Gasteiger partial charge on any atom is -0.352 e. The molecule has 3 heteroatoms. The van der Waals surface area contributed by atoms with Gasteiger partial charge in [-0.2, -0.15) is 0 Å². The number of amides is 1. The van der Waals surface area contributed by atoms with Crippen molar-refractivity contribution in [2.45, 2.75) is 52.5 Å². The van der Waals surface area contributed by atoms with Crippen molar-refractivity contribution in [2.24, 2.45) is 11.8 Å². The molecule has 0 aromatic rings. The third-order valence-corrected chi connectivity index (χ3v) is 3.16. The summed E-state index contributed by atoms with van der Waals surface area (Å²) in [5.41, 5.74) is -0.110. The maximum atomic E-state index is 11.8. The lowest BCUT2D eigenvalue weighted by molar-refractivity contribution is -0.123. The van der Waals surface area contributed by atoms with Crippen LogP contribution in [0.15, 0.2) is 0 Å². The van der Waals surface area contributed by atoms with Gasteiger partial charge >= 0.3 is 0 Å². The fourth-order valence-electron chi connectivity index (χ4n) is 2.29. The highest BCUT2D eigenvalue weighted by molar-refractivity contribution is 5.76. The van der Waals surface area contributed by atoms with E-state index in [-0.39, 0.29) is 11.4 Å². The van der Waals surface area contributed by atoms with Crippen LogP contribution in [0.4, 0.5) is 0 Å². The molecule has 94 valence electrons. The molecule has 1 fully saturated rings. The highest BCUT2D eigenvalue weighted by Crippen LogP contribution is 2.22. The van der Waals surface area contributed by atoms with E-state index in [1.165, 1.54) is 12.8 Å². The van der Waals surface area contributed by atoms with Crippen LogP contribution >= 0.6 is 0 Å². The lowest BCUT2D eigenvalue weighted by atomic mass is 9.85. The first kappa shape index (κ1) is 13.5. The molecule has 16 heavy (non-hydrogen) atoms. The van der Waals surface area contributed by atoms with Gasteiger partial charge in [-0.15, -0.1) is 0 Å². The second-order valence-electron chi connectivity index (χ2n) is 6.09. The molecule has 0 aromatic heterocycles. The van der Waals surface area contributed by atoms with E-state index in [0.717, 1.165) is 13.1 Å². The minimum absolute atomic E-state index is 0.110. The van der Waals surface area contributed by atoms with Crippen LogP contribution in [-0.4, -0.2) is 24.5 Å². The first-order valence-electron chi connectivity index (χ1n) is 6.40. The Balaban J connectivity index is 2.32. The molecule has 0 radical (unpaired) electrons. The average molecular weight is 226 g/mol. The maximum absolute atomic E-state index is 11.8. The largest absolute Gasteiger partial charge is 0.352 e. The number of hydrogen-bond acceptors (Lipinski definition) is 2. The second-order valence-corrected chi connectivity index (χ2v) is 6.09. The highest BCUT2D eigenvalue weighted by Gasteiger charge is 2.23. The third-order valence-electron chi connectivity index (χ3n) is 3.16. The van der Waals surface area contributed by atoms with Crippen molar-refractivity contribution in [3.8, 4) is 0 Å². The van der Waals surface area contributed by atoms with E-state index in [2.05, 4.69) is 17.6 Å². The van der Waals surface area contributed by atoms with Gasteiger partial charge in [-0.25, -0.2) is 0 Å². The Labute approximate surface area is 99.4 Å². The summed E-state index contributed by atoms with van der Waals surface area (Å²) >= 11 is 0. The van der Waals surface area contributed by atoms with Crippen LogP contribution in [0.5, 0.6) is 0 Å². The second kappa shape index (κ2) is 5.67. The fourth-order valence-corrected chi connectivity index (χ4v) is 2.29. The minimum atomic E-state index is -0.110. The summed E-state index contributed by atoms with van der Waals surface area (Å²) < 4.78 is 0. The van der Waals surface area contributed by atoms with Crippen LogP contribution in [0.3, 0.4) is 0 Å². The quantitative estimate of drug-likeness (QED) is 0.772. The number of carbonyl (C=O) groups excluding carboxylic acids is 1. The molecule has 1 heterocycles. The zero-order chi connectivity index (χ0) is 12.2. The highest BCUT2D eigenvalue weighted by atomic mass is 16.1. The molecular formula is C13H26N2O. The van der Waals surface area contributed by atoms with E-state index in [1.807, 2.05) is 20.8 Å². The fraction of sp³-hybridized carbons (Fsp3) is 0.923. The Morgan fingerprint density at radius 2 is 2.19 bits per heavy atom. The lowest BCUT2D eigenvalue weighted by Gasteiger charge is -2.29. The van der Waals surface area contributed by atoms with E-state index >= 15 is 0 Å². The van der Waals surface area contributed by atoms with E-state index in [9.17, 15) is 4.79 Å². The molecule has 0 bridgehead atoms. The Hall–Kier alpha value is -0.570. The number of nitrogens with one attached hydrogen (secondary N) is 2. The Kier molecular flexibility index (Phi) is 4.78. The van der Waals surface area contributed by atoms with Crippen molar-refractivity contribution in [1.29, 1.82) is 0 Å². The third kappa shape index (κ3) is 4.97. The number of hydrogen-bond donors (Lipinski definition) is 2. The van der Waals surface area contributed by atoms with Crippen LogP contribution in [0.25, 0.3) is 0 Å². The summed E-state index contributed by atoms with van der Waals surface area (Å²) in [6, 6.07) is 0. The Bertz CT molecular complexity index is 227. The molecule has 3 nitrogen and oxygen atoms in total. The predicted octanol–water partition coefficient (Wildman–Crippen LogP) is 1.93. The van der Waals surface area contributed by atoms with Crippen LogP contribution in [0, 0.1) is 11.8 Å². The van der Waals surface area contributed by atoms with E-state index in [4.69, 9.17) is 0 Å². The summed E-state index contributed by atoms with van der Waals surface area (Å²) in [7, 11) is 0. The topological polar surface area (TPSA) is 41.1 Å². The molecule has 1 aliphatic rings. The van der Waals surface area contributed by atoms with Crippen molar-refractivity contribution in [1.82, 2.24) is 10.6 Å². The normalized spacial score (nSPS) is 23.9. The van der Waals surface area contributed by atoms with Crippen molar-refractivity contribution in [2.75, 3.05) is 13.1 Å². The Morgan fingerprint density at radius 1 is 1.50 bits per heavy atom. The Morgan fingerprint density at radius 3 is 2.69 bits per heavy atom. The molecule has 1 amide bonds. The summed E-state index contributed by atoms with van der Waals surface area (Å²) in [6.45, 7) is 10.5. The summed E-state index contributed by atoms with van der Waals surface area (Å²) in [6.07, 6.45) is 3.16. The smallest absolute Gasteiger partial charge is 0.220 e.